The Hall–Kier alpha value is -2.66. The van der Waals surface area contributed by atoms with Crippen molar-refractivity contribution in [2.75, 3.05) is 6.61 Å². The number of Topliss-reactive ketones (excluding diaryl/α,β-unsaturated/α-hetero) is 1. The first-order chi connectivity index (χ1) is 13.8. The van der Waals surface area contributed by atoms with E-state index >= 15 is 0 Å². The zero-order valence-corrected chi connectivity index (χ0v) is 17.4. The van der Waals surface area contributed by atoms with Gasteiger partial charge in [-0.25, -0.2) is 0 Å². The number of ketones is 1. The first-order valence-corrected chi connectivity index (χ1v) is 10.2. The molecule has 2 aromatic rings. The number of nitrogens with one attached hydrogen (secondary N) is 1. The van der Waals surface area contributed by atoms with Crippen LogP contribution in [0, 0.1) is 0 Å². The summed E-state index contributed by atoms with van der Waals surface area (Å²) in [6.07, 6.45) is 2.86. The highest BCUT2D eigenvalue weighted by Crippen LogP contribution is 2.29. The number of benzene rings is 2. The second-order valence-electron chi connectivity index (χ2n) is 8.66. The second kappa shape index (κ2) is 8.78. The van der Waals surface area contributed by atoms with Crippen molar-refractivity contribution in [3.8, 4) is 5.75 Å². The van der Waals surface area contributed by atoms with Crippen LogP contribution < -0.4 is 15.8 Å². The van der Waals surface area contributed by atoms with Gasteiger partial charge in [-0.15, -0.1) is 0 Å². The number of fused-ring (bicyclic) bond motifs is 1. The summed E-state index contributed by atoms with van der Waals surface area (Å²) in [7, 11) is 0. The molecule has 0 heterocycles. The van der Waals surface area contributed by atoms with E-state index in [1.165, 1.54) is 11.1 Å². The molecule has 29 heavy (non-hydrogen) atoms. The number of carbonyl (C=O) groups excluding carboxylic acids is 2. The number of ether oxygens (including phenoxy) is 1. The molecular formula is C24H30N2O3. The van der Waals surface area contributed by atoms with Crippen LogP contribution in [-0.2, 0) is 21.4 Å². The molecular weight excluding hydrogens is 364 g/mol. The van der Waals surface area contributed by atoms with Crippen LogP contribution >= 0.6 is 0 Å². The maximum absolute atomic E-state index is 12.5. The topological polar surface area (TPSA) is 81.4 Å². The van der Waals surface area contributed by atoms with Crippen molar-refractivity contribution in [2.24, 2.45) is 5.73 Å². The van der Waals surface area contributed by atoms with Gasteiger partial charge >= 0.3 is 0 Å². The van der Waals surface area contributed by atoms with Gasteiger partial charge in [0, 0.05) is 0 Å². The average molecular weight is 395 g/mol. The van der Waals surface area contributed by atoms with E-state index in [4.69, 9.17) is 10.5 Å². The number of carbonyl (C=O) groups is 2. The second-order valence-corrected chi connectivity index (χ2v) is 8.66. The zero-order chi connectivity index (χ0) is 21.0. The largest absolute Gasteiger partial charge is 0.486 e. The summed E-state index contributed by atoms with van der Waals surface area (Å²) in [5.74, 6) is -0.310. The quantitative estimate of drug-likeness (QED) is 0.735. The van der Waals surface area contributed by atoms with Gasteiger partial charge in [-0.2, -0.15) is 0 Å². The molecule has 2 atom stereocenters. The van der Waals surface area contributed by atoms with E-state index < -0.39 is 17.7 Å². The molecule has 3 N–H and O–H groups in total. The van der Waals surface area contributed by atoms with Gasteiger partial charge in [-0.1, -0.05) is 57.2 Å². The third-order valence-corrected chi connectivity index (χ3v) is 5.42. The molecule has 0 saturated carbocycles. The maximum Gasteiger partial charge on any atom is 0.245 e. The summed E-state index contributed by atoms with van der Waals surface area (Å²) >= 11 is 0. The Labute approximate surface area is 172 Å². The van der Waals surface area contributed by atoms with E-state index in [9.17, 15) is 9.59 Å². The molecule has 0 fully saturated rings. The summed E-state index contributed by atoms with van der Waals surface area (Å²) in [4.78, 5) is 24.9. The molecule has 3 rings (SSSR count). The molecule has 1 aliphatic rings. The fourth-order valence-electron chi connectivity index (χ4n) is 3.61. The van der Waals surface area contributed by atoms with Crippen LogP contribution in [0.25, 0.3) is 0 Å². The first-order valence-electron chi connectivity index (χ1n) is 10.2. The van der Waals surface area contributed by atoms with Crippen LogP contribution in [0.15, 0.2) is 48.5 Å². The third kappa shape index (κ3) is 5.24. The standard InChI is InChI=1S/C24H30N2O3/c1-24(2,3)17-11-13-18(14-12-17)29-15-21(27)22(25)23(28)26-20-10-6-8-16-7-4-5-9-19(16)20/h4-5,7,9,11-14,20,22H,6,8,10,15,25H2,1-3H3,(H,26,28). The van der Waals surface area contributed by atoms with E-state index in [-0.39, 0.29) is 18.1 Å². The predicted octanol–water partition coefficient (Wildman–Crippen LogP) is 3.45. The van der Waals surface area contributed by atoms with Crippen molar-refractivity contribution in [3.05, 3.63) is 65.2 Å². The molecule has 154 valence electrons. The van der Waals surface area contributed by atoms with E-state index in [1.807, 2.05) is 42.5 Å². The van der Waals surface area contributed by atoms with Gasteiger partial charge in [-0.05, 0) is 53.5 Å². The molecule has 0 saturated heterocycles. The van der Waals surface area contributed by atoms with E-state index in [2.05, 4.69) is 32.2 Å². The fraction of sp³-hybridized carbons (Fsp3) is 0.417. The highest BCUT2D eigenvalue weighted by Gasteiger charge is 2.27. The lowest BCUT2D eigenvalue weighted by atomic mass is 9.87. The third-order valence-electron chi connectivity index (χ3n) is 5.42. The molecule has 0 spiro atoms. The SMILES string of the molecule is CC(C)(C)c1ccc(OCC(=O)C(N)C(=O)NC2CCCc3ccccc32)cc1. The Balaban J connectivity index is 1.54. The average Bonchev–Trinajstić information content (AvgIpc) is 2.71. The van der Waals surface area contributed by atoms with Crippen molar-refractivity contribution in [1.29, 1.82) is 0 Å². The van der Waals surface area contributed by atoms with Gasteiger partial charge in [0.05, 0.1) is 6.04 Å². The normalized spacial score (nSPS) is 17.2. The number of aryl methyl sites for hydroxylation is 1. The molecule has 2 unspecified atom stereocenters. The molecule has 0 aromatic heterocycles. The van der Waals surface area contributed by atoms with Crippen LogP contribution in [0.4, 0.5) is 0 Å². The number of hydrogen-bond acceptors (Lipinski definition) is 4. The first kappa shape index (κ1) is 21.1. The molecule has 0 radical (unpaired) electrons. The Morgan fingerprint density at radius 3 is 2.52 bits per heavy atom. The summed E-state index contributed by atoms with van der Waals surface area (Å²) in [5, 5.41) is 2.94. The highest BCUT2D eigenvalue weighted by molar-refractivity contribution is 6.05. The van der Waals surface area contributed by atoms with Crippen molar-refractivity contribution >= 4 is 11.7 Å². The zero-order valence-electron chi connectivity index (χ0n) is 17.4. The lowest BCUT2D eigenvalue weighted by Gasteiger charge is -2.27. The van der Waals surface area contributed by atoms with Gasteiger partial charge in [0.2, 0.25) is 5.91 Å². The number of nitrogens with two attached hydrogens (primary N) is 1. The number of hydrogen-bond donors (Lipinski definition) is 2. The van der Waals surface area contributed by atoms with Crippen molar-refractivity contribution in [1.82, 2.24) is 5.32 Å². The summed E-state index contributed by atoms with van der Waals surface area (Å²) in [5.41, 5.74) is 9.48. The molecule has 1 aliphatic carbocycles. The summed E-state index contributed by atoms with van der Waals surface area (Å²) in [6.45, 7) is 6.17. The molecule has 5 nitrogen and oxygen atoms in total. The Morgan fingerprint density at radius 1 is 1.14 bits per heavy atom. The van der Waals surface area contributed by atoms with Crippen molar-refractivity contribution in [3.63, 3.8) is 0 Å². The Bertz CT molecular complexity index is 868. The number of amides is 1. The predicted molar refractivity (Wildman–Crippen MR) is 114 cm³/mol. The van der Waals surface area contributed by atoms with Gasteiger partial charge in [0.25, 0.3) is 0 Å². The van der Waals surface area contributed by atoms with E-state index in [1.54, 1.807) is 0 Å². The number of rotatable bonds is 6. The van der Waals surface area contributed by atoms with Gasteiger partial charge in [-0.3, -0.25) is 9.59 Å². The molecule has 0 aliphatic heterocycles. The smallest absolute Gasteiger partial charge is 0.245 e. The Kier molecular flexibility index (Phi) is 6.38. The lowest BCUT2D eigenvalue weighted by molar-refractivity contribution is -0.131. The summed E-state index contributed by atoms with van der Waals surface area (Å²) < 4.78 is 5.54. The summed E-state index contributed by atoms with van der Waals surface area (Å²) in [6, 6.07) is 14.4. The lowest BCUT2D eigenvalue weighted by Crippen LogP contribution is -2.49. The minimum Gasteiger partial charge on any atom is -0.486 e. The van der Waals surface area contributed by atoms with Gasteiger partial charge < -0.3 is 15.8 Å². The van der Waals surface area contributed by atoms with Crippen molar-refractivity contribution in [2.45, 2.75) is 57.5 Å². The van der Waals surface area contributed by atoms with Crippen molar-refractivity contribution < 1.29 is 14.3 Å². The molecule has 1 amide bonds. The van der Waals surface area contributed by atoms with Crippen LogP contribution in [0.3, 0.4) is 0 Å². The van der Waals surface area contributed by atoms with Gasteiger partial charge in [0.1, 0.15) is 18.4 Å². The monoisotopic (exact) mass is 394 g/mol. The van der Waals surface area contributed by atoms with Crippen LogP contribution in [0.1, 0.15) is 56.3 Å². The maximum atomic E-state index is 12.5. The van der Waals surface area contributed by atoms with Crippen LogP contribution in [0.2, 0.25) is 0 Å². The van der Waals surface area contributed by atoms with Gasteiger partial charge in [0.15, 0.2) is 5.78 Å². The van der Waals surface area contributed by atoms with E-state index in [0.717, 1.165) is 24.8 Å². The van der Waals surface area contributed by atoms with Crippen LogP contribution in [-0.4, -0.2) is 24.3 Å². The van der Waals surface area contributed by atoms with E-state index in [0.29, 0.717) is 5.75 Å². The molecule has 2 aromatic carbocycles. The highest BCUT2D eigenvalue weighted by atomic mass is 16.5. The minimum atomic E-state index is -1.24. The van der Waals surface area contributed by atoms with Crippen LogP contribution in [0.5, 0.6) is 5.75 Å². The molecule has 5 heteroatoms. The minimum absolute atomic E-state index is 0.0481. The Morgan fingerprint density at radius 2 is 1.83 bits per heavy atom. The molecule has 0 bridgehead atoms. The fourth-order valence-corrected chi connectivity index (χ4v) is 3.61.